The second-order valence-electron chi connectivity index (χ2n) is 26.1. The van der Waals surface area contributed by atoms with E-state index in [4.69, 9.17) is 11.5 Å². The van der Waals surface area contributed by atoms with E-state index in [0.29, 0.717) is 49.0 Å². The SMILES string of the molecule is Cc1sc2cc1C1=C(CCC1)c1cc(sc1C)C(=O)[C@H]1CCCN1C(=O)[C@H](C(C)C)NC(=O)[C@H](CCCN)NC(=O)[C@H](C(C)C)NC(=O)[C@@H]1CCCN1C(=O)[C@@H](Cc1ccccc1)NC(=O)[C@H](C(C)C)NC(=O)[C@H](CCCN)NC(=O)[C@H](CC(=O)NC(C)C)NC2=O. The summed E-state index contributed by atoms with van der Waals surface area (Å²) in [5.41, 5.74) is 16.3. The summed E-state index contributed by atoms with van der Waals surface area (Å²) in [5, 5.41) is 22.6. The molecule has 0 unspecified atom stereocenters. The van der Waals surface area contributed by atoms with Crippen LogP contribution in [0.4, 0.5) is 0 Å². The Hall–Kier alpha value is -7.35. The highest BCUT2D eigenvalue weighted by Gasteiger charge is 2.44. The molecular weight excluding hydrogens is 1210 g/mol. The Bertz CT molecular complexity index is 3230. The molecule has 2 aromatic heterocycles. The molecule has 12 N–H and O–H groups in total. The van der Waals surface area contributed by atoms with Crippen LogP contribution in [0.2, 0.25) is 0 Å². The number of hydrogen-bond acceptors (Lipinski definition) is 15. The monoisotopic (exact) mass is 1310 g/mol. The van der Waals surface area contributed by atoms with Gasteiger partial charge in [-0.25, -0.2) is 0 Å². The summed E-state index contributed by atoms with van der Waals surface area (Å²) in [6.07, 6.45) is 3.99. The van der Waals surface area contributed by atoms with E-state index in [0.717, 1.165) is 38.4 Å². The third-order valence-corrected chi connectivity index (χ3v) is 19.7. The molecule has 0 radical (unpaired) electrons. The highest BCUT2D eigenvalue weighted by molar-refractivity contribution is 7.14. The summed E-state index contributed by atoms with van der Waals surface area (Å²) in [6, 6.07) is 1.64. The second-order valence-corrected chi connectivity index (χ2v) is 28.6. The Morgan fingerprint density at radius 3 is 1.54 bits per heavy atom. The van der Waals surface area contributed by atoms with E-state index in [1.54, 1.807) is 96.7 Å². The number of carbonyl (C=O) groups excluding carboxylic acids is 11. The molecule has 2 saturated heterocycles. The van der Waals surface area contributed by atoms with Crippen molar-refractivity contribution < 1.29 is 52.7 Å². The predicted octanol–water partition coefficient (Wildman–Crippen LogP) is 4.31. The zero-order valence-corrected chi connectivity index (χ0v) is 56.6. The molecular formula is C67H96N12O11S2. The van der Waals surface area contributed by atoms with Crippen LogP contribution in [0, 0.1) is 31.6 Å². The van der Waals surface area contributed by atoms with E-state index in [1.807, 2.05) is 19.9 Å². The number of Topliss-reactive ketones (excluding diaryl/α,β-unsaturated/α-hetero) is 1. The number of aryl methyl sites for hydroxylation is 2. The van der Waals surface area contributed by atoms with Crippen LogP contribution in [0.5, 0.6) is 0 Å². The Labute approximate surface area is 548 Å². The van der Waals surface area contributed by atoms with Gasteiger partial charge >= 0.3 is 0 Å². The van der Waals surface area contributed by atoms with Gasteiger partial charge < -0.3 is 63.8 Å². The third kappa shape index (κ3) is 18.1. The van der Waals surface area contributed by atoms with Gasteiger partial charge in [-0.3, -0.25) is 52.7 Å². The molecule has 502 valence electrons. The normalized spacial score (nSPS) is 24.9. The first-order valence-corrected chi connectivity index (χ1v) is 34.3. The Morgan fingerprint density at radius 1 is 0.543 bits per heavy atom. The average Bonchev–Trinajstić information content (AvgIpc) is 1.67. The minimum Gasteiger partial charge on any atom is -0.354 e. The zero-order chi connectivity index (χ0) is 67.2. The first-order valence-electron chi connectivity index (χ1n) is 32.7. The highest BCUT2D eigenvalue weighted by atomic mass is 32.1. The van der Waals surface area contributed by atoms with E-state index >= 15 is 4.79 Å². The van der Waals surface area contributed by atoms with Crippen molar-refractivity contribution in [3.8, 4) is 0 Å². The topological polar surface area (TPSA) is 343 Å². The predicted molar refractivity (Wildman–Crippen MR) is 355 cm³/mol. The van der Waals surface area contributed by atoms with Crippen molar-refractivity contribution in [2.24, 2.45) is 29.2 Å². The molecule has 3 aliphatic heterocycles. The lowest BCUT2D eigenvalue weighted by Crippen LogP contribution is -2.61. The van der Waals surface area contributed by atoms with Crippen LogP contribution in [0.1, 0.15) is 178 Å². The number of carbonyl (C=O) groups is 11. The summed E-state index contributed by atoms with van der Waals surface area (Å²) >= 11 is 2.57. The maximum atomic E-state index is 15.0. The molecule has 1 aliphatic carbocycles. The van der Waals surface area contributed by atoms with Crippen molar-refractivity contribution in [1.29, 1.82) is 0 Å². The van der Waals surface area contributed by atoms with Gasteiger partial charge in [-0.05, 0) is 169 Å². The Kier molecular flexibility index (Phi) is 25.8. The molecule has 25 heteroatoms. The van der Waals surface area contributed by atoms with Gasteiger partial charge in [0.2, 0.25) is 53.2 Å². The van der Waals surface area contributed by atoms with Gasteiger partial charge in [-0.15, -0.1) is 22.7 Å². The molecule has 4 bridgehead atoms. The minimum atomic E-state index is -1.47. The Morgan fingerprint density at radius 2 is 1.01 bits per heavy atom. The molecule has 5 heterocycles. The minimum absolute atomic E-state index is 0.00830. The smallest absolute Gasteiger partial charge is 0.262 e. The van der Waals surface area contributed by atoms with Gasteiger partial charge in [0.1, 0.15) is 48.3 Å². The van der Waals surface area contributed by atoms with Crippen molar-refractivity contribution in [2.45, 2.75) is 213 Å². The molecule has 10 amide bonds. The highest BCUT2D eigenvalue weighted by Crippen LogP contribution is 2.45. The Balaban J connectivity index is 1.28. The molecule has 0 saturated carbocycles. The number of hydrogen-bond donors (Lipinski definition) is 10. The standard InChI is InChI=1S/C67H96N12O11S2/c1-35(2)55-65(88)74-49(31-41-19-12-11-13-20-41)66(89)79-30-18-26-51(79)62(85)76-56(36(3)4)64(87)72-47(24-16-28-69)60(83)77-57(37(5)6)67(90)78-29-17-25-50(78)58(81)52-32-44(39(9)91-52)42-21-14-22-43(42)45-33-53(92-40(45)10)63(86)73-48(34-54(80)70-38(7)8)61(84)71-46(23-15-27-68)59(82)75-55/h11-13,19-20,32-33,35-38,46-51,55-57H,14-18,21-31,34,68-69H2,1-10H3,(H,70,80)(H,71,84)(H,72,87)(H,73,86)(H,74,88)(H,75,82)(H,76,85)(H,77,83)/t46-,47-,48-,49+,50+,51-,55-,56-,57-/m0/s1. The average molecular weight is 1310 g/mol. The van der Waals surface area contributed by atoms with Crippen LogP contribution in [-0.4, -0.2) is 161 Å². The first kappa shape index (κ1) is 72.1. The van der Waals surface area contributed by atoms with Crippen molar-refractivity contribution in [1.82, 2.24) is 52.3 Å². The number of rotatable bonds is 14. The van der Waals surface area contributed by atoms with Crippen molar-refractivity contribution in [3.63, 3.8) is 0 Å². The van der Waals surface area contributed by atoms with Gasteiger partial charge in [-0.1, -0.05) is 71.9 Å². The van der Waals surface area contributed by atoms with Crippen LogP contribution in [0.15, 0.2) is 42.5 Å². The maximum absolute atomic E-state index is 15.0. The lowest BCUT2D eigenvalue weighted by Gasteiger charge is -2.33. The number of amides is 10. The number of ketones is 1. The molecule has 0 spiro atoms. The molecule has 3 aromatic rings. The van der Waals surface area contributed by atoms with Crippen LogP contribution in [0.3, 0.4) is 0 Å². The van der Waals surface area contributed by atoms with Gasteiger partial charge in [0, 0.05) is 35.3 Å². The van der Waals surface area contributed by atoms with Crippen LogP contribution >= 0.6 is 22.7 Å². The third-order valence-electron chi connectivity index (χ3n) is 17.6. The first-order chi connectivity index (χ1) is 43.7. The van der Waals surface area contributed by atoms with Gasteiger partial charge in [0.25, 0.3) is 5.91 Å². The largest absolute Gasteiger partial charge is 0.354 e. The van der Waals surface area contributed by atoms with Crippen LogP contribution in [-0.2, 0) is 49.6 Å². The summed E-state index contributed by atoms with van der Waals surface area (Å²) in [7, 11) is 0. The van der Waals surface area contributed by atoms with Crippen LogP contribution in [0.25, 0.3) is 11.1 Å². The van der Waals surface area contributed by atoms with Crippen molar-refractivity contribution >= 4 is 98.7 Å². The summed E-state index contributed by atoms with van der Waals surface area (Å²) < 4.78 is 0. The number of nitrogens with two attached hydrogens (primary N) is 2. The fraction of sp³-hybridized carbons (Fsp3) is 0.597. The summed E-state index contributed by atoms with van der Waals surface area (Å²) in [6.45, 7) is 18.6. The molecule has 4 aliphatic rings. The summed E-state index contributed by atoms with van der Waals surface area (Å²) in [4.78, 5) is 165. The fourth-order valence-corrected chi connectivity index (χ4v) is 14.6. The molecule has 1 aromatic carbocycles. The fourth-order valence-electron chi connectivity index (χ4n) is 12.7. The number of benzene rings is 1. The van der Waals surface area contributed by atoms with Crippen molar-refractivity contribution in [2.75, 3.05) is 26.2 Å². The number of allylic oxidation sites excluding steroid dienone is 2. The van der Waals surface area contributed by atoms with E-state index in [2.05, 4.69) is 42.5 Å². The zero-order valence-electron chi connectivity index (χ0n) is 54.9. The van der Waals surface area contributed by atoms with Gasteiger partial charge in [0.15, 0.2) is 5.78 Å². The molecule has 2 fully saturated rings. The summed E-state index contributed by atoms with van der Waals surface area (Å²) in [5.74, 6) is -8.22. The number of thiophene rings is 2. The molecule has 23 nitrogen and oxygen atoms in total. The lowest BCUT2D eigenvalue weighted by molar-refractivity contribution is -0.143. The second kappa shape index (κ2) is 33.0. The number of nitrogens with one attached hydrogen (secondary N) is 8. The van der Waals surface area contributed by atoms with Gasteiger partial charge in [0.05, 0.1) is 22.2 Å². The van der Waals surface area contributed by atoms with E-state index in [9.17, 15) is 47.9 Å². The lowest BCUT2D eigenvalue weighted by atomic mass is 9.96. The van der Waals surface area contributed by atoms with Gasteiger partial charge in [-0.2, -0.15) is 0 Å². The van der Waals surface area contributed by atoms with Crippen molar-refractivity contribution in [3.05, 3.63) is 78.7 Å². The molecule has 7 rings (SSSR count). The van der Waals surface area contributed by atoms with E-state index < -0.39 is 138 Å². The van der Waals surface area contributed by atoms with E-state index in [-0.39, 0.29) is 75.0 Å². The number of fused-ring (bicyclic) bond motifs is 8. The maximum Gasteiger partial charge on any atom is 0.262 e. The molecule has 92 heavy (non-hydrogen) atoms. The molecule has 9 atom stereocenters. The van der Waals surface area contributed by atoms with E-state index in [1.165, 1.54) is 27.6 Å². The quantitative estimate of drug-likeness (QED) is 0.108. The number of nitrogens with zero attached hydrogens (tertiary/aromatic N) is 2. The van der Waals surface area contributed by atoms with Crippen LogP contribution < -0.4 is 54.0 Å².